The lowest BCUT2D eigenvalue weighted by Crippen LogP contribution is -2.48. The Morgan fingerprint density at radius 1 is 1.18 bits per heavy atom. The quantitative estimate of drug-likeness (QED) is 0.743. The van der Waals surface area contributed by atoms with Crippen LogP contribution in [-0.4, -0.2) is 54.9 Å². The molecule has 2 fully saturated rings. The number of nitriles is 1. The van der Waals surface area contributed by atoms with Crippen molar-refractivity contribution < 1.29 is 22.8 Å². The first kappa shape index (κ1) is 23.5. The number of aromatic nitrogens is 1. The van der Waals surface area contributed by atoms with Crippen LogP contribution in [0, 0.1) is 22.7 Å². The topological polar surface area (TPSA) is 89.3 Å². The molecule has 3 heterocycles. The Bertz CT molecular complexity index is 1120. The number of nitrogens with one attached hydrogen (secondary N) is 1. The van der Waals surface area contributed by atoms with E-state index in [1.807, 2.05) is 4.90 Å². The molecule has 1 aromatic heterocycles. The molecule has 2 aliphatic rings. The van der Waals surface area contributed by atoms with Gasteiger partial charge in [-0.1, -0.05) is 0 Å². The van der Waals surface area contributed by atoms with E-state index in [9.17, 15) is 22.8 Å². The minimum absolute atomic E-state index is 0.142. The van der Waals surface area contributed by atoms with Gasteiger partial charge in [-0.3, -0.25) is 14.6 Å². The highest BCUT2D eigenvalue weighted by Gasteiger charge is 2.52. The number of anilines is 1. The van der Waals surface area contributed by atoms with Gasteiger partial charge < -0.3 is 15.1 Å². The normalized spacial score (nSPS) is 19.7. The van der Waals surface area contributed by atoms with Gasteiger partial charge in [0.05, 0.1) is 23.1 Å². The van der Waals surface area contributed by atoms with Gasteiger partial charge in [0.2, 0.25) is 5.91 Å². The zero-order valence-corrected chi connectivity index (χ0v) is 18.6. The van der Waals surface area contributed by atoms with Gasteiger partial charge in [-0.25, -0.2) is 0 Å². The Labute approximate surface area is 195 Å². The van der Waals surface area contributed by atoms with E-state index in [0.29, 0.717) is 43.7 Å². The second kappa shape index (κ2) is 8.97. The maximum atomic E-state index is 13.4. The highest BCUT2D eigenvalue weighted by atomic mass is 19.4. The molecule has 1 atom stereocenters. The molecule has 34 heavy (non-hydrogen) atoms. The Morgan fingerprint density at radius 3 is 2.44 bits per heavy atom. The number of hydrogen-bond donors (Lipinski definition) is 1. The lowest BCUT2D eigenvalue weighted by atomic mass is 9.70. The van der Waals surface area contributed by atoms with Crippen molar-refractivity contribution >= 4 is 17.5 Å². The van der Waals surface area contributed by atoms with Gasteiger partial charge in [0.15, 0.2) is 0 Å². The van der Waals surface area contributed by atoms with E-state index < -0.39 is 28.6 Å². The summed E-state index contributed by atoms with van der Waals surface area (Å²) in [6.45, 7) is 1.57. The molecule has 2 amide bonds. The van der Waals surface area contributed by atoms with Gasteiger partial charge in [-0.15, -0.1) is 0 Å². The van der Waals surface area contributed by atoms with Gasteiger partial charge in [-0.05, 0) is 43.2 Å². The molecule has 1 N–H and O–H groups in total. The first-order valence-corrected chi connectivity index (χ1v) is 11.0. The molecule has 0 saturated carbocycles. The molecule has 178 valence electrons. The highest BCUT2D eigenvalue weighted by Crippen LogP contribution is 2.46. The van der Waals surface area contributed by atoms with Crippen LogP contribution in [0.4, 0.5) is 18.9 Å². The van der Waals surface area contributed by atoms with Crippen LogP contribution < -0.4 is 10.2 Å². The van der Waals surface area contributed by atoms with Gasteiger partial charge in [0.1, 0.15) is 0 Å². The van der Waals surface area contributed by atoms with Gasteiger partial charge in [-0.2, -0.15) is 18.4 Å². The first-order valence-electron chi connectivity index (χ1n) is 11.0. The van der Waals surface area contributed by atoms with E-state index in [2.05, 4.69) is 10.3 Å². The number of rotatable bonds is 3. The maximum Gasteiger partial charge on any atom is 0.417 e. The fraction of sp³-hybridized carbons (Fsp3) is 0.417. The average molecular weight is 471 g/mol. The molecular weight excluding hydrogens is 447 g/mol. The molecule has 1 unspecified atom stereocenters. The van der Waals surface area contributed by atoms with Gasteiger partial charge in [0.25, 0.3) is 5.91 Å². The van der Waals surface area contributed by atoms with E-state index in [1.54, 1.807) is 42.5 Å². The standard InChI is InChI=1S/C24H24F3N5O2/c1-29-21(33)20-14-32(22(34)16-4-8-30-9-5-16)15-23(20)6-10-31(11-7-23)18-3-2-17(13-28)19(12-18)24(25,26)27/h2-5,8-9,12,20H,6-7,10-11,14-15H2,1H3,(H,29,33). The van der Waals surface area contributed by atoms with Crippen LogP contribution in [0.25, 0.3) is 0 Å². The zero-order chi connectivity index (χ0) is 24.5. The predicted octanol–water partition coefficient (Wildman–Crippen LogP) is 3.08. The Kier molecular flexibility index (Phi) is 6.21. The second-order valence-electron chi connectivity index (χ2n) is 8.78. The summed E-state index contributed by atoms with van der Waals surface area (Å²) in [6, 6.07) is 8.60. The Hall–Kier alpha value is -3.61. The van der Waals surface area contributed by atoms with E-state index in [1.165, 1.54) is 12.1 Å². The fourth-order valence-corrected chi connectivity index (χ4v) is 5.11. The number of halogens is 3. The van der Waals surface area contributed by atoms with Crippen LogP contribution in [-0.2, 0) is 11.0 Å². The van der Waals surface area contributed by atoms with Crippen LogP contribution in [0.3, 0.4) is 0 Å². The predicted molar refractivity (Wildman–Crippen MR) is 118 cm³/mol. The first-order chi connectivity index (χ1) is 16.2. The number of carbonyl (C=O) groups is 2. The summed E-state index contributed by atoms with van der Waals surface area (Å²) in [7, 11) is 1.56. The van der Waals surface area contributed by atoms with Crippen LogP contribution in [0.15, 0.2) is 42.7 Å². The molecule has 2 aliphatic heterocycles. The maximum absolute atomic E-state index is 13.4. The van der Waals surface area contributed by atoms with E-state index in [-0.39, 0.29) is 18.4 Å². The van der Waals surface area contributed by atoms with E-state index in [0.717, 1.165) is 6.07 Å². The monoisotopic (exact) mass is 471 g/mol. The number of amides is 2. The Morgan fingerprint density at radius 2 is 1.85 bits per heavy atom. The van der Waals surface area contributed by atoms with Crippen molar-refractivity contribution in [1.82, 2.24) is 15.2 Å². The third kappa shape index (κ3) is 4.30. The SMILES string of the molecule is CNC(=O)C1CN(C(=O)c2ccncc2)CC12CCN(c1ccc(C#N)c(C(F)(F)F)c1)CC2. The molecule has 1 spiro atoms. The number of carbonyl (C=O) groups excluding carboxylic acids is 2. The number of piperidine rings is 1. The summed E-state index contributed by atoms with van der Waals surface area (Å²) < 4.78 is 40.2. The summed E-state index contributed by atoms with van der Waals surface area (Å²) in [5.41, 5.74) is -0.937. The van der Waals surface area contributed by atoms with Crippen molar-refractivity contribution in [1.29, 1.82) is 5.26 Å². The van der Waals surface area contributed by atoms with E-state index >= 15 is 0 Å². The number of benzene rings is 1. The third-order valence-electron chi connectivity index (χ3n) is 6.98. The molecule has 0 bridgehead atoms. The number of hydrogen-bond acceptors (Lipinski definition) is 5. The molecule has 2 saturated heterocycles. The summed E-state index contributed by atoms with van der Waals surface area (Å²) in [6.07, 6.45) is -0.442. The molecule has 7 nitrogen and oxygen atoms in total. The number of alkyl halides is 3. The van der Waals surface area contributed by atoms with Crippen molar-refractivity contribution in [2.24, 2.45) is 11.3 Å². The summed E-state index contributed by atoms with van der Waals surface area (Å²) in [5, 5.41) is 11.7. The van der Waals surface area contributed by atoms with Crippen molar-refractivity contribution in [3.05, 3.63) is 59.4 Å². The molecule has 10 heteroatoms. The number of pyridine rings is 1. The second-order valence-corrected chi connectivity index (χ2v) is 8.78. The minimum Gasteiger partial charge on any atom is -0.371 e. The van der Waals surface area contributed by atoms with Crippen LogP contribution in [0.1, 0.15) is 34.3 Å². The van der Waals surface area contributed by atoms with Gasteiger partial charge in [0, 0.05) is 62.3 Å². The van der Waals surface area contributed by atoms with Crippen LogP contribution in [0.2, 0.25) is 0 Å². The molecule has 0 radical (unpaired) electrons. The van der Waals surface area contributed by atoms with Crippen LogP contribution >= 0.6 is 0 Å². The molecule has 2 aromatic rings. The zero-order valence-electron chi connectivity index (χ0n) is 18.6. The highest BCUT2D eigenvalue weighted by molar-refractivity contribution is 5.95. The fourth-order valence-electron chi connectivity index (χ4n) is 5.11. The van der Waals surface area contributed by atoms with Crippen LogP contribution in [0.5, 0.6) is 0 Å². The van der Waals surface area contributed by atoms with E-state index in [4.69, 9.17) is 5.26 Å². The summed E-state index contributed by atoms with van der Waals surface area (Å²) >= 11 is 0. The lowest BCUT2D eigenvalue weighted by molar-refractivity contribution is -0.137. The third-order valence-corrected chi connectivity index (χ3v) is 6.98. The largest absolute Gasteiger partial charge is 0.417 e. The van der Waals surface area contributed by atoms with Crippen molar-refractivity contribution in [2.75, 3.05) is 38.1 Å². The summed E-state index contributed by atoms with van der Waals surface area (Å²) in [5.74, 6) is -0.717. The summed E-state index contributed by atoms with van der Waals surface area (Å²) in [4.78, 5) is 33.2. The number of nitrogens with zero attached hydrogens (tertiary/aromatic N) is 4. The van der Waals surface area contributed by atoms with Crippen molar-refractivity contribution in [3.63, 3.8) is 0 Å². The van der Waals surface area contributed by atoms with Crippen molar-refractivity contribution in [3.8, 4) is 6.07 Å². The molecule has 0 aliphatic carbocycles. The molecule has 4 rings (SSSR count). The molecule has 1 aromatic carbocycles. The number of likely N-dealkylation sites (tertiary alicyclic amines) is 1. The minimum atomic E-state index is -4.62. The molecular formula is C24H24F3N5O2. The smallest absolute Gasteiger partial charge is 0.371 e. The average Bonchev–Trinajstić information content (AvgIpc) is 3.21. The van der Waals surface area contributed by atoms with Crippen molar-refractivity contribution in [2.45, 2.75) is 19.0 Å². The Balaban J connectivity index is 1.55. The van der Waals surface area contributed by atoms with Gasteiger partial charge >= 0.3 is 6.18 Å². The lowest BCUT2D eigenvalue weighted by Gasteiger charge is -2.43.